The second kappa shape index (κ2) is 6.83. The van der Waals surface area contributed by atoms with E-state index < -0.39 is 6.04 Å². The van der Waals surface area contributed by atoms with E-state index in [0.717, 1.165) is 17.3 Å². The standard InChI is InChI=1S/C14H17BrN2O3/c1-2-20-14(19)12-5-3-4-8-17(12)13(18)11-7-6-10(15)9-16-11/h6-7,9,12H,2-5,8H2,1H3. The van der Waals surface area contributed by atoms with Crippen LogP contribution in [0.15, 0.2) is 22.8 Å². The van der Waals surface area contributed by atoms with E-state index in [9.17, 15) is 9.59 Å². The van der Waals surface area contributed by atoms with Crippen molar-refractivity contribution in [2.24, 2.45) is 0 Å². The third-order valence-corrected chi connectivity index (χ3v) is 3.74. The minimum absolute atomic E-state index is 0.213. The first-order valence-corrected chi connectivity index (χ1v) is 7.52. The number of carbonyl (C=O) groups is 2. The van der Waals surface area contributed by atoms with Crippen LogP contribution < -0.4 is 0 Å². The molecule has 5 nitrogen and oxygen atoms in total. The average Bonchev–Trinajstić information content (AvgIpc) is 2.47. The van der Waals surface area contributed by atoms with Gasteiger partial charge in [0.15, 0.2) is 0 Å². The van der Waals surface area contributed by atoms with Crippen LogP contribution in [0, 0.1) is 0 Å². The van der Waals surface area contributed by atoms with Gasteiger partial charge in [-0.15, -0.1) is 0 Å². The van der Waals surface area contributed by atoms with Gasteiger partial charge in [-0.05, 0) is 54.2 Å². The predicted molar refractivity (Wildman–Crippen MR) is 77.2 cm³/mol. The van der Waals surface area contributed by atoms with Crippen LogP contribution in [-0.4, -0.2) is 41.0 Å². The van der Waals surface area contributed by atoms with E-state index in [1.807, 2.05) is 0 Å². The second-order valence-corrected chi connectivity index (χ2v) is 5.54. The molecule has 0 saturated carbocycles. The molecule has 0 N–H and O–H groups in total. The molecular weight excluding hydrogens is 324 g/mol. The highest BCUT2D eigenvalue weighted by atomic mass is 79.9. The van der Waals surface area contributed by atoms with Crippen LogP contribution in [-0.2, 0) is 9.53 Å². The SMILES string of the molecule is CCOC(=O)C1CCCCN1C(=O)c1ccc(Br)cn1. The minimum Gasteiger partial charge on any atom is -0.464 e. The Morgan fingerprint density at radius 2 is 2.25 bits per heavy atom. The fraction of sp³-hybridized carbons (Fsp3) is 0.500. The Labute approximate surface area is 126 Å². The van der Waals surface area contributed by atoms with Crippen molar-refractivity contribution in [3.8, 4) is 0 Å². The topological polar surface area (TPSA) is 59.5 Å². The van der Waals surface area contributed by atoms with Gasteiger partial charge in [-0.25, -0.2) is 9.78 Å². The molecule has 108 valence electrons. The Hall–Kier alpha value is -1.43. The Balaban J connectivity index is 2.16. The van der Waals surface area contributed by atoms with Crippen LogP contribution in [0.4, 0.5) is 0 Å². The van der Waals surface area contributed by atoms with Crippen molar-refractivity contribution in [2.45, 2.75) is 32.2 Å². The predicted octanol–water partition coefficient (Wildman–Crippen LogP) is 2.40. The first kappa shape index (κ1) is 15.0. The molecule has 1 aliphatic rings. The summed E-state index contributed by atoms with van der Waals surface area (Å²) in [5.41, 5.74) is 0.351. The lowest BCUT2D eigenvalue weighted by Gasteiger charge is -2.33. The normalized spacial score (nSPS) is 18.7. The van der Waals surface area contributed by atoms with Crippen LogP contribution in [0.2, 0.25) is 0 Å². The molecule has 2 rings (SSSR count). The highest BCUT2D eigenvalue weighted by molar-refractivity contribution is 9.10. The molecule has 1 aliphatic heterocycles. The van der Waals surface area contributed by atoms with Crippen molar-refractivity contribution in [2.75, 3.05) is 13.2 Å². The molecule has 1 fully saturated rings. The van der Waals surface area contributed by atoms with Crippen molar-refractivity contribution >= 4 is 27.8 Å². The summed E-state index contributed by atoms with van der Waals surface area (Å²) in [6.45, 7) is 2.66. The van der Waals surface area contributed by atoms with Gasteiger partial charge in [0.2, 0.25) is 0 Å². The molecule has 1 atom stereocenters. The van der Waals surface area contributed by atoms with Gasteiger partial charge in [-0.1, -0.05) is 0 Å². The van der Waals surface area contributed by atoms with Crippen molar-refractivity contribution in [3.05, 3.63) is 28.5 Å². The summed E-state index contributed by atoms with van der Waals surface area (Å²) in [5.74, 6) is -0.534. The molecule has 6 heteroatoms. The highest BCUT2D eigenvalue weighted by Crippen LogP contribution is 2.20. The van der Waals surface area contributed by atoms with Crippen LogP contribution >= 0.6 is 15.9 Å². The third kappa shape index (κ3) is 3.36. The molecule has 1 amide bonds. The van der Waals surface area contributed by atoms with E-state index in [1.54, 1.807) is 30.2 Å². The van der Waals surface area contributed by atoms with Gasteiger partial charge < -0.3 is 9.64 Å². The molecule has 1 unspecified atom stereocenters. The van der Waals surface area contributed by atoms with E-state index in [-0.39, 0.29) is 11.9 Å². The quantitative estimate of drug-likeness (QED) is 0.792. The summed E-state index contributed by atoms with van der Waals surface area (Å²) >= 11 is 3.28. The second-order valence-electron chi connectivity index (χ2n) is 4.62. The maximum atomic E-state index is 12.5. The first-order valence-electron chi connectivity index (χ1n) is 6.72. The van der Waals surface area contributed by atoms with Crippen LogP contribution in [0.1, 0.15) is 36.7 Å². The molecule has 20 heavy (non-hydrogen) atoms. The molecule has 0 bridgehead atoms. The molecule has 0 radical (unpaired) electrons. The van der Waals surface area contributed by atoms with Gasteiger partial charge in [-0.2, -0.15) is 0 Å². The van der Waals surface area contributed by atoms with E-state index in [2.05, 4.69) is 20.9 Å². The monoisotopic (exact) mass is 340 g/mol. The van der Waals surface area contributed by atoms with Crippen molar-refractivity contribution in [3.63, 3.8) is 0 Å². The van der Waals surface area contributed by atoms with Crippen LogP contribution in [0.3, 0.4) is 0 Å². The Kier molecular flexibility index (Phi) is 5.11. The van der Waals surface area contributed by atoms with E-state index >= 15 is 0 Å². The zero-order valence-electron chi connectivity index (χ0n) is 11.3. The highest BCUT2D eigenvalue weighted by Gasteiger charge is 2.33. The van der Waals surface area contributed by atoms with Gasteiger partial charge >= 0.3 is 5.97 Å². The number of carbonyl (C=O) groups excluding carboxylic acids is 2. The minimum atomic E-state index is -0.485. The van der Waals surface area contributed by atoms with Crippen molar-refractivity contribution in [1.29, 1.82) is 0 Å². The number of aromatic nitrogens is 1. The maximum absolute atomic E-state index is 12.5. The smallest absolute Gasteiger partial charge is 0.328 e. The Morgan fingerprint density at radius 1 is 1.45 bits per heavy atom. The molecule has 0 spiro atoms. The molecule has 1 saturated heterocycles. The van der Waals surface area contributed by atoms with Gasteiger partial charge in [0, 0.05) is 17.2 Å². The number of halogens is 1. The summed E-state index contributed by atoms with van der Waals surface area (Å²) in [4.78, 5) is 30.1. The molecule has 0 aliphatic carbocycles. The molecule has 0 aromatic carbocycles. The summed E-state index contributed by atoms with van der Waals surface area (Å²) in [7, 11) is 0. The molecule has 1 aromatic rings. The van der Waals surface area contributed by atoms with Gasteiger partial charge in [0.25, 0.3) is 5.91 Å². The van der Waals surface area contributed by atoms with Crippen LogP contribution in [0.5, 0.6) is 0 Å². The Bertz CT molecular complexity index is 490. The fourth-order valence-corrected chi connectivity index (χ4v) is 2.54. The number of piperidine rings is 1. The van der Waals surface area contributed by atoms with Gasteiger partial charge in [0.1, 0.15) is 11.7 Å². The van der Waals surface area contributed by atoms with Crippen molar-refractivity contribution in [1.82, 2.24) is 9.88 Å². The lowest BCUT2D eigenvalue weighted by molar-refractivity contribution is -0.149. The van der Waals surface area contributed by atoms with Crippen LogP contribution in [0.25, 0.3) is 0 Å². The summed E-state index contributed by atoms with van der Waals surface area (Å²) < 4.78 is 5.87. The average molecular weight is 341 g/mol. The number of hydrogen-bond donors (Lipinski definition) is 0. The fourth-order valence-electron chi connectivity index (χ4n) is 2.31. The van der Waals surface area contributed by atoms with Crippen molar-refractivity contribution < 1.29 is 14.3 Å². The summed E-state index contributed by atoms with van der Waals surface area (Å²) in [6.07, 6.45) is 4.07. The number of nitrogens with zero attached hydrogens (tertiary/aromatic N) is 2. The molecule has 2 heterocycles. The largest absolute Gasteiger partial charge is 0.464 e. The molecular formula is C14H17BrN2O3. The Morgan fingerprint density at radius 3 is 2.90 bits per heavy atom. The lowest BCUT2D eigenvalue weighted by Crippen LogP contribution is -2.48. The van der Waals surface area contributed by atoms with E-state index in [4.69, 9.17) is 4.74 Å². The number of ether oxygens (including phenoxy) is 1. The number of rotatable bonds is 3. The zero-order valence-corrected chi connectivity index (χ0v) is 12.9. The van der Waals surface area contributed by atoms with E-state index in [0.29, 0.717) is 25.3 Å². The number of pyridine rings is 1. The first-order chi connectivity index (χ1) is 9.63. The number of hydrogen-bond acceptors (Lipinski definition) is 4. The third-order valence-electron chi connectivity index (χ3n) is 3.27. The van der Waals surface area contributed by atoms with Gasteiger partial charge in [0.05, 0.1) is 6.61 Å². The number of amides is 1. The number of esters is 1. The van der Waals surface area contributed by atoms with Gasteiger partial charge in [-0.3, -0.25) is 4.79 Å². The maximum Gasteiger partial charge on any atom is 0.328 e. The number of likely N-dealkylation sites (tertiary alicyclic amines) is 1. The van der Waals surface area contributed by atoms with E-state index in [1.165, 1.54) is 0 Å². The lowest BCUT2D eigenvalue weighted by atomic mass is 10.0. The summed E-state index contributed by atoms with van der Waals surface area (Å²) in [5, 5.41) is 0. The zero-order chi connectivity index (χ0) is 14.5. The molecule has 1 aromatic heterocycles. The summed E-state index contributed by atoms with van der Waals surface area (Å²) in [6, 6.07) is 2.94.